The van der Waals surface area contributed by atoms with Gasteiger partial charge in [-0.1, -0.05) is 42.5 Å². The first kappa shape index (κ1) is 21.1. The molecular formula is C27H28O4. The van der Waals surface area contributed by atoms with E-state index in [1.54, 1.807) is 7.11 Å². The van der Waals surface area contributed by atoms with E-state index < -0.39 is 0 Å². The van der Waals surface area contributed by atoms with Gasteiger partial charge in [-0.3, -0.25) is 4.79 Å². The summed E-state index contributed by atoms with van der Waals surface area (Å²) in [4.78, 5) is 12.8. The highest BCUT2D eigenvalue weighted by Gasteiger charge is 2.26. The highest BCUT2D eigenvalue weighted by molar-refractivity contribution is 5.96. The van der Waals surface area contributed by atoms with Crippen LogP contribution in [0.5, 0.6) is 11.5 Å². The van der Waals surface area contributed by atoms with E-state index in [-0.39, 0.29) is 18.0 Å². The molecule has 1 aliphatic heterocycles. The van der Waals surface area contributed by atoms with Gasteiger partial charge in [0.15, 0.2) is 5.78 Å². The molecule has 160 valence electrons. The Balaban J connectivity index is 1.30. The molecule has 0 aromatic heterocycles. The van der Waals surface area contributed by atoms with Gasteiger partial charge >= 0.3 is 0 Å². The minimum absolute atomic E-state index is 0.0335. The van der Waals surface area contributed by atoms with Gasteiger partial charge in [-0.2, -0.15) is 0 Å². The van der Waals surface area contributed by atoms with E-state index in [4.69, 9.17) is 14.2 Å². The maximum atomic E-state index is 12.8. The second-order valence-electron chi connectivity index (χ2n) is 7.88. The van der Waals surface area contributed by atoms with Gasteiger partial charge < -0.3 is 14.2 Å². The lowest BCUT2D eigenvalue weighted by Gasteiger charge is -2.30. The summed E-state index contributed by atoms with van der Waals surface area (Å²) in [6.07, 6.45) is 3.33. The molecule has 0 amide bonds. The first-order valence-electron chi connectivity index (χ1n) is 10.8. The van der Waals surface area contributed by atoms with Crippen molar-refractivity contribution in [3.8, 4) is 11.5 Å². The van der Waals surface area contributed by atoms with Crippen LogP contribution in [0.2, 0.25) is 0 Å². The summed E-state index contributed by atoms with van der Waals surface area (Å²) >= 11 is 0. The summed E-state index contributed by atoms with van der Waals surface area (Å²) in [5.74, 6) is 1.70. The first-order valence-corrected chi connectivity index (χ1v) is 10.8. The van der Waals surface area contributed by atoms with E-state index in [1.807, 2.05) is 78.9 Å². The van der Waals surface area contributed by atoms with Crippen molar-refractivity contribution in [2.24, 2.45) is 0 Å². The largest absolute Gasteiger partial charge is 0.497 e. The van der Waals surface area contributed by atoms with Crippen molar-refractivity contribution in [1.82, 2.24) is 0 Å². The molecular weight excluding hydrogens is 388 g/mol. The lowest BCUT2D eigenvalue weighted by molar-refractivity contribution is -0.0508. The molecule has 1 aliphatic rings. The highest BCUT2D eigenvalue weighted by atomic mass is 16.5. The molecule has 2 atom stereocenters. The molecule has 0 spiro atoms. The van der Waals surface area contributed by atoms with Gasteiger partial charge in [0.25, 0.3) is 0 Å². The van der Waals surface area contributed by atoms with Crippen LogP contribution in [0.1, 0.15) is 53.3 Å². The van der Waals surface area contributed by atoms with Gasteiger partial charge in [0.2, 0.25) is 0 Å². The quantitative estimate of drug-likeness (QED) is 0.413. The van der Waals surface area contributed by atoms with Crippen molar-refractivity contribution in [3.63, 3.8) is 0 Å². The number of hydrogen-bond donors (Lipinski definition) is 0. The average molecular weight is 417 g/mol. The van der Waals surface area contributed by atoms with E-state index in [1.165, 1.54) is 0 Å². The molecule has 4 nitrogen and oxygen atoms in total. The Morgan fingerprint density at radius 2 is 1.61 bits per heavy atom. The standard InChI is InChI=1S/C27H28O4/c1-29-23-14-12-22(13-15-23)27-9-5-8-25(31-27)18-26(28)21-10-16-24(17-11-21)30-19-20-6-3-2-4-7-20/h2-4,6-7,10-17,25,27H,5,8-9,18-19H2,1H3/t25-,27+/m1/s1. The fraction of sp³-hybridized carbons (Fsp3) is 0.296. The second kappa shape index (κ2) is 10.3. The summed E-state index contributed by atoms with van der Waals surface area (Å²) < 4.78 is 17.3. The van der Waals surface area contributed by atoms with Crippen LogP contribution in [-0.4, -0.2) is 19.0 Å². The van der Waals surface area contributed by atoms with E-state index >= 15 is 0 Å². The molecule has 0 bridgehead atoms. The van der Waals surface area contributed by atoms with Gasteiger partial charge in [-0.25, -0.2) is 0 Å². The van der Waals surface area contributed by atoms with Crippen LogP contribution in [0, 0.1) is 0 Å². The Morgan fingerprint density at radius 1 is 0.903 bits per heavy atom. The molecule has 0 aliphatic carbocycles. The fourth-order valence-corrected chi connectivity index (χ4v) is 3.92. The number of methoxy groups -OCH3 is 1. The minimum atomic E-state index is -0.0534. The molecule has 4 heteroatoms. The Kier molecular flexibility index (Phi) is 7.00. The van der Waals surface area contributed by atoms with Crippen molar-refractivity contribution < 1.29 is 19.0 Å². The number of benzene rings is 3. The molecule has 0 unspecified atom stereocenters. The number of hydrogen-bond acceptors (Lipinski definition) is 4. The average Bonchev–Trinajstić information content (AvgIpc) is 2.84. The summed E-state index contributed by atoms with van der Waals surface area (Å²) in [7, 11) is 1.66. The lowest BCUT2D eigenvalue weighted by atomic mass is 9.95. The SMILES string of the molecule is COc1ccc([C@@H]2CCC[C@H](CC(=O)c3ccc(OCc4ccccc4)cc3)O2)cc1. The van der Waals surface area contributed by atoms with Crippen molar-refractivity contribution in [3.05, 3.63) is 95.6 Å². The molecule has 1 saturated heterocycles. The molecule has 4 rings (SSSR count). The number of Topliss-reactive ketones (excluding diaryl/α,β-unsaturated/α-hetero) is 1. The zero-order valence-corrected chi connectivity index (χ0v) is 17.8. The van der Waals surface area contributed by atoms with Gasteiger partial charge in [0.05, 0.1) is 19.3 Å². The number of carbonyl (C=O) groups is 1. The second-order valence-corrected chi connectivity index (χ2v) is 7.88. The lowest BCUT2D eigenvalue weighted by Crippen LogP contribution is -2.25. The predicted molar refractivity (Wildman–Crippen MR) is 121 cm³/mol. The Hall–Kier alpha value is -3.11. The van der Waals surface area contributed by atoms with Crippen molar-refractivity contribution in [1.29, 1.82) is 0 Å². The zero-order valence-electron chi connectivity index (χ0n) is 17.8. The highest BCUT2D eigenvalue weighted by Crippen LogP contribution is 2.33. The third-order valence-electron chi connectivity index (χ3n) is 5.67. The maximum absolute atomic E-state index is 12.8. The Morgan fingerprint density at radius 3 is 2.32 bits per heavy atom. The number of ether oxygens (including phenoxy) is 3. The van der Waals surface area contributed by atoms with E-state index in [0.717, 1.165) is 41.9 Å². The summed E-state index contributed by atoms with van der Waals surface area (Å²) in [5, 5.41) is 0. The van der Waals surface area contributed by atoms with Gasteiger partial charge in [-0.15, -0.1) is 0 Å². The van der Waals surface area contributed by atoms with Gasteiger partial charge in [0, 0.05) is 12.0 Å². The molecule has 0 N–H and O–H groups in total. The van der Waals surface area contributed by atoms with Crippen LogP contribution in [-0.2, 0) is 11.3 Å². The normalized spacial score (nSPS) is 18.4. The van der Waals surface area contributed by atoms with Crippen molar-refractivity contribution >= 4 is 5.78 Å². The number of carbonyl (C=O) groups excluding carboxylic acids is 1. The molecule has 1 fully saturated rings. The monoisotopic (exact) mass is 416 g/mol. The van der Waals surface area contributed by atoms with Gasteiger partial charge in [-0.05, 0) is 66.8 Å². The third-order valence-corrected chi connectivity index (χ3v) is 5.67. The molecule has 0 radical (unpaired) electrons. The van der Waals surface area contributed by atoms with Gasteiger partial charge in [0.1, 0.15) is 18.1 Å². The third kappa shape index (κ3) is 5.74. The number of ketones is 1. The topological polar surface area (TPSA) is 44.8 Å². The van der Waals surface area contributed by atoms with E-state index in [0.29, 0.717) is 18.6 Å². The summed E-state index contributed by atoms with van der Waals surface area (Å²) in [5.41, 5.74) is 2.95. The zero-order chi connectivity index (χ0) is 21.5. The maximum Gasteiger partial charge on any atom is 0.165 e. The van der Waals surface area contributed by atoms with Crippen LogP contribution in [0.25, 0.3) is 0 Å². The van der Waals surface area contributed by atoms with E-state index in [9.17, 15) is 4.79 Å². The Labute approximate surface area is 183 Å². The predicted octanol–water partition coefficient (Wildman–Crippen LogP) is 6.16. The first-order chi connectivity index (χ1) is 15.2. The summed E-state index contributed by atoms with van der Waals surface area (Å²) in [6.45, 7) is 0.511. The fourth-order valence-electron chi connectivity index (χ4n) is 3.92. The molecule has 31 heavy (non-hydrogen) atoms. The van der Waals surface area contributed by atoms with Crippen molar-refractivity contribution in [2.75, 3.05) is 7.11 Å². The molecule has 3 aromatic rings. The summed E-state index contributed by atoms with van der Waals surface area (Å²) in [6, 6.07) is 25.4. The minimum Gasteiger partial charge on any atom is -0.497 e. The molecule has 3 aromatic carbocycles. The van der Waals surface area contributed by atoms with E-state index in [2.05, 4.69) is 0 Å². The van der Waals surface area contributed by atoms with Crippen LogP contribution in [0.4, 0.5) is 0 Å². The van der Waals surface area contributed by atoms with Crippen LogP contribution in [0.3, 0.4) is 0 Å². The number of rotatable bonds is 8. The Bertz CT molecular complexity index is 964. The smallest absolute Gasteiger partial charge is 0.165 e. The van der Waals surface area contributed by atoms with Crippen LogP contribution >= 0.6 is 0 Å². The van der Waals surface area contributed by atoms with Crippen LogP contribution in [0.15, 0.2) is 78.9 Å². The molecule has 1 heterocycles. The molecule has 0 saturated carbocycles. The van der Waals surface area contributed by atoms with Crippen LogP contribution < -0.4 is 9.47 Å². The van der Waals surface area contributed by atoms with Crippen molar-refractivity contribution in [2.45, 2.75) is 44.5 Å².